The molecule has 0 rings (SSSR count). The summed E-state index contributed by atoms with van der Waals surface area (Å²) in [5.41, 5.74) is 0. The molecule has 0 aromatic rings. The van der Waals surface area contributed by atoms with Crippen LogP contribution in [0, 0.1) is 17.8 Å². The van der Waals surface area contributed by atoms with E-state index in [1.165, 1.54) is 148 Å². The lowest BCUT2D eigenvalue weighted by atomic mass is 9.99. The van der Waals surface area contributed by atoms with Gasteiger partial charge in [0.05, 0.1) is 26.4 Å². The Hall–Kier alpha value is -2.46. The van der Waals surface area contributed by atoms with Gasteiger partial charge in [-0.3, -0.25) is 37.3 Å². The summed E-state index contributed by atoms with van der Waals surface area (Å²) in [6, 6.07) is 0. The van der Waals surface area contributed by atoms with E-state index >= 15 is 0 Å². The molecule has 0 aliphatic rings. The lowest BCUT2D eigenvalue weighted by molar-refractivity contribution is -0.161. The maximum atomic E-state index is 13.1. The first-order chi connectivity index (χ1) is 45.3. The summed E-state index contributed by atoms with van der Waals surface area (Å²) in [5.74, 6) is 0.135. The first-order valence-corrected chi connectivity index (χ1v) is 41.2. The predicted octanol–water partition coefficient (Wildman–Crippen LogP) is 21.3. The molecule has 0 radical (unpaired) electrons. The highest BCUT2D eigenvalue weighted by Crippen LogP contribution is 2.45. The van der Waals surface area contributed by atoms with Gasteiger partial charge in [0.25, 0.3) is 0 Å². The molecule has 0 saturated heterocycles. The van der Waals surface area contributed by atoms with Crippen molar-refractivity contribution < 1.29 is 80.2 Å². The van der Waals surface area contributed by atoms with E-state index in [1.54, 1.807) is 0 Å². The second-order valence-corrected chi connectivity index (χ2v) is 30.5. The molecule has 19 heteroatoms. The summed E-state index contributed by atoms with van der Waals surface area (Å²) in [6.07, 6.45) is 53.5. The minimum absolute atomic E-state index is 0.0845. The highest BCUT2D eigenvalue weighted by molar-refractivity contribution is 7.47. The number of aliphatic hydroxyl groups is 1. The quantitative estimate of drug-likeness (QED) is 0.0169. The molecule has 94 heavy (non-hydrogen) atoms. The van der Waals surface area contributed by atoms with Crippen molar-refractivity contribution in [3.63, 3.8) is 0 Å². The van der Waals surface area contributed by atoms with E-state index in [2.05, 4.69) is 72.8 Å². The van der Waals surface area contributed by atoms with Crippen LogP contribution >= 0.6 is 15.6 Å². The minimum atomic E-state index is -4.96. The normalized spacial score (nSPS) is 14.6. The molecule has 0 heterocycles. The Bertz CT molecular complexity index is 1930. The molecule has 0 saturated carbocycles. The van der Waals surface area contributed by atoms with E-state index in [0.29, 0.717) is 31.6 Å². The summed E-state index contributed by atoms with van der Waals surface area (Å²) in [6.45, 7) is 11.8. The van der Waals surface area contributed by atoms with Crippen LogP contribution in [0.4, 0.5) is 0 Å². The van der Waals surface area contributed by atoms with Crippen LogP contribution in [-0.2, 0) is 65.4 Å². The summed E-state index contributed by atoms with van der Waals surface area (Å²) in [5, 5.41) is 10.6. The Morgan fingerprint density at radius 3 is 0.947 bits per heavy atom. The molecule has 0 aromatic heterocycles. The van der Waals surface area contributed by atoms with E-state index in [4.69, 9.17) is 37.0 Å². The zero-order valence-corrected chi connectivity index (χ0v) is 62.7. The van der Waals surface area contributed by atoms with Crippen molar-refractivity contribution in [3.8, 4) is 0 Å². The molecule has 0 fully saturated rings. The van der Waals surface area contributed by atoms with Crippen molar-refractivity contribution >= 4 is 39.5 Å². The summed E-state index contributed by atoms with van der Waals surface area (Å²) in [7, 11) is -9.92. The standard InChI is InChI=1S/C75H142O17P2/c1-8-10-11-12-13-14-15-16-17-18-22-29-36-44-51-58-74(79)91-70(62-85-72(77)56-49-42-35-28-25-24-27-34-41-48-55-68(7)9-2)64-89-93(81,82)87-60-69(76)61-88-94(83,84)90-65-71(63-86-73(78)57-50-43-38-31-33-40-47-54-67(5)6)92-75(80)59-52-45-37-30-23-20-19-21-26-32-39-46-53-66(3)4/h14-17,66-71,76H,8-13,18-65H2,1-7H3,(H,81,82)(H,83,84)/b15-14-,17-16-/t68?,69?,70-,71-/m1/s1. The van der Waals surface area contributed by atoms with Crippen LogP contribution in [0.5, 0.6) is 0 Å². The Balaban J connectivity index is 5.30. The van der Waals surface area contributed by atoms with Gasteiger partial charge in [-0.15, -0.1) is 0 Å². The number of aliphatic hydroxyl groups excluding tert-OH is 1. The number of carbonyl (C=O) groups excluding carboxylic acids is 4. The molecule has 0 aliphatic heterocycles. The number of unbranched alkanes of at least 4 members (excludes halogenated alkanes) is 35. The van der Waals surface area contributed by atoms with Gasteiger partial charge in [-0.2, -0.15) is 0 Å². The number of ether oxygens (including phenoxy) is 4. The Kier molecular flexibility index (Phi) is 63.5. The van der Waals surface area contributed by atoms with Gasteiger partial charge in [0.2, 0.25) is 0 Å². The molecule has 554 valence electrons. The first-order valence-electron chi connectivity index (χ1n) is 38.2. The first kappa shape index (κ1) is 91.5. The molecule has 0 bridgehead atoms. The number of carbonyl (C=O) groups is 4. The molecule has 17 nitrogen and oxygen atoms in total. The second kappa shape index (κ2) is 65.2. The van der Waals surface area contributed by atoms with E-state index in [0.717, 1.165) is 121 Å². The van der Waals surface area contributed by atoms with Gasteiger partial charge in [-0.1, -0.05) is 304 Å². The van der Waals surface area contributed by atoms with Crippen LogP contribution in [0.1, 0.15) is 357 Å². The van der Waals surface area contributed by atoms with E-state index in [1.807, 2.05) is 0 Å². The molecule has 0 aliphatic carbocycles. The molecular formula is C75H142O17P2. The number of allylic oxidation sites excluding steroid dienone is 4. The Labute approximate surface area is 573 Å². The number of phosphoric ester groups is 2. The molecule has 6 atom stereocenters. The van der Waals surface area contributed by atoms with Gasteiger partial charge >= 0.3 is 39.5 Å². The average Bonchev–Trinajstić information content (AvgIpc) is 3.67. The predicted molar refractivity (Wildman–Crippen MR) is 381 cm³/mol. The van der Waals surface area contributed by atoms with Gasteiger partial charge in [-0.05, 0) is 69.1 Å². The zero-order valence-electron chi connectivity index (χ0n) is 60.9. The molecular weight excluding hydrogens is 1230 g/mol. The van der Waals surface area contributed by atoms with Crippen LogP contribution in [0.25, 0.3) is 0 Å². The average molecular weight is 1380 g/mol. The third-order valence-corrected chi connectivity index (χ3v) is 19.0. The van der Waals surface area contributed by atoms with Crippen LogP contribution in [0.3, 0.4) is 0 Å². The number of esters is 4. The third kappa shape index (κ3) is 66.8. The lowest BCUT2D eigenvalue weighted by Gasteiger charge is -2.21. The topological polar surface area (TPSA) is 237 Å². The van der Waals surface area contributed by atoms with Crippen LogP contribution in [0.2, 0.25) is 0 Å². The SMILES string of the molecule is CCCCCC/C=C\C=C/CCCCCCCC(=O)O[C@H](COC(=O)CCCCCCCCCCCCC(C)CC)COP(=O)(O)OCC(O)COP(=O)(O)OC[C@@H](COC(=O)CCCCCCCCCC(C)C)OC(=O)CCCCCCCCCCCCCCC(C)C. The Morgan fingerprint density at radius 1 is 0.351 bits per heavy atom. The second-order valence-electron chi connectivity index (χ2n) is 27.5. The highest BCUT2D eigenvalue weighted by Gasteiger charge is 2.30. The van der Waals surface area contributed by atoms with Crippen molar-refractivity contribution in [1.82, 2.24) is 0 Å². The lowest BCUT2D eigenvalue weighted by Crippen LogP contribution is -2.30. The van der Waals surface area contributed by atoms with Crippen molar-refractivity contribution in [1.29, 1.82) is 0 Å². The largest absolute Gasteiger partial charge is 0.472 e. The third-order valence-electron chi connectivity index (χ3n) is 17.1. The maximum Gasteiger partial charge on any atom is 0.472 e. The maximum absolute atomic E-state index is 13.1. The number of phosphoric acid groups is 2. The van der Waals surface area contributed by atoms with E-state index < -0.39 is 97.5 Å². The van der Waals surface area contributed by atoms with Crippen molar-refractivity contribution in [2.75, 3.05) is 39.6 Å². The Morgan fingerprint density at radius 2 is 0.628 bits per heavy atom. The van der Waals surface area contributed by atoms with E-state index in [9.17, 15) is 43.2 Å². The molecule has 3 N–H and O–H groups in total. The van der Waals surface area contributed by atoms with Gasteiger partial charge in [0.15, 0.2) is 12.2 Å². The fraction of sp³-hybridized carbons (Fsp3) is 0.893. The minimum Gasteiger partial charge on any atom is -0.462 e. The smallest absolute Gasteiger partial charge is 0.462 e. The van der Waals surface area contributed by atoms with Gasteiger partial charge in [0, 0.05) is 25.7 Å². The fourth-order valence-corrected chi connectivity index (χ4v) is 12.4. The van der Waals surface area contributed by atoms with Crippen LogP contribution in [0.15, 0.2) is 24.3 Å². The number of rotatable bonds is 71. The fourth-order valence-electron chi connectivity index (χ4n) is 10.9. The zero-order chi connectivity index (χ0) is 69.4. The van der Waals surface area contributed by atoms with Gasteiger partial charge in [-0.25, -0.2) is 9.13 Å². The summed E-state index contributed by atoms with van der Waals surface area (Å²) >= 11 is 0. The number of hydrogen-bond donors (Lipinski definition) is 3. The van der Waals surface area contributed by atoms with Gasteiger partial charge in [0.1, 0.15) is 19.3 Å². The van der Waals surface area contributed by atoms with Crippen LogP contribution in [-0.4, -0.2) is 96.7 Å². The molecule has 4 unspecified atom stereocenters. The van der Waals surface area contributed by atoms with Gasteiger partial charge < -0.3 is 33.8 Å². The summed E-state index contributed by atoms with van der Waals surface area (Å²) in [4.78, 5) is 72.7. The summed E-state index contributed by atoms with van der Waals surface area (Å²) < 4.78 is 68.4. The van der Waals surface area contributed by atoms with Crippen molar-refractivity contribution in [3.05, 3.63) is 24.3 Å². The molecule has 0 amide bonds. The molecule has 0 spiro atoms. The number of hydrogen-bond acceptors (Lipinski definition) is 15. The van der Waals surface area contributed by atoms with Crippen molar-refractivity contribution in [2.45, 2.75) is 375 Å². The highest BCUT2D eigenvalue weighted by atomic mass is 31.2. The monoisotopic (exact) mass is 1380 g/mol. The van der Waals surface area contributed by atoms with Crippen molar-refractivity contribution in [2.24, 2.45) is 17.8 Å². The van der Waals surface area contributed by atoms with Crippen LogP contribution < -0.4 is 0 Å². The molecule has 0 aromatic carbocycles. The van der Waals surface area contributed by atoms with E-state index in [-0.39, 0.29) is 25.7 Å².